The zero-order valence-electron chi connectivity index (χ0n) is 9.69. The smallest absolute Gasteiger partial charge is 0.304 e. The van der Waals surface area contributed by atoms with Crippen molar-refractivity contribution in [1.82, 2.24) is 14.6 Å². The molecule has 100 valence electrons. The van der Waals surface area contributed by atoms with Crippen LogP contribution in [0, 0.1) is 0 Å². The van der Waals surface area contributed by atoms with Gasteiger partial charge in [0.15, 0.2) is 10.8 Å². The molecule has 1 aliphatic carbocycles. The van der Waals surface area contributed by atoms with Gasteiger partial charge in [-0.15, -0.1) is 4.40 Å². The third-order valence-corrected chi connectivity index (χ3v) is 4.49. The van der Waals surface area contributed by atoms with Gasteiger partial charge in [-0.3, -0.25) is 0 Å². The van der Waals surface area contributed by atoms with Crippen LogP contribution in [0.5, 0.6) is 0 Å². The van der Waals surface area contributed by atoms with Gasteiger partial charge in [-0.05, 0) is 25.0 Å². The topological polar surface area (TPSA) is 103 Å². The van der Waals surface area contributed by atoms with Gasteiger partial charge in [-0.2, -0.15) is 18.0 Å². The van der Waals surface area contributed by atoms with Crippen LogP contribution in [0.4, 0.5) is 0 Å². The quantitative estimate of drug-likeness (QED) is 0.671. The summed E-state index contributed by atoms with van der Waals surface area (Å²) in [6, 6.07) is 3.52. The predicted molar refractivity (Wildman–Crippen MR) is 69.8 cm³/mol. The molecule has 0 saturated heterocycles. The van der Waals surface area contributed by atoms with Gasteiger partial charge in [0.05, 0.1) is 12.0 Å². The van der Waals surface area contributed by atoms with Crippen molar-refractivity contribution < 1.29 is 8.42 Å². The molecule has 2 N–H and O–H groups in total. The van der Waals surface area contributed by atoms with Crippen molar-refractivity contribution in [3.05, 3.63) is 23.0 Å². The first-order valence-electron chi connectivity index (χ1n) is 5.58. The molecule has 0 aliphatic heterocycles. The summed E-state index contributed by atoms with van der Waals surface area (Å²) in [7, 11) is -4.00. The number of halogens is 1. The number of rotatable bonds is 3. The number of fused-ring (bicyclic) bond motifs is 1. The van der Waals surface area contributed by atoms with Crippen molar-refractivity contribution in [2.24, 2.45) is 10.1 Å². The highest BCUT2D eigenvalue weighted by Crippen LogP contribution is 2.39. The highest BCUT2D eigenvalue weighted by molar-refractivity contribution is 7.90. The molecule has 7 nitrogen and oxygen atoms in total. The molecule has 2 aromatic heterocycles. The first kappa shape index (κ1) is 12.4. The molecule has 1 fully saturated rings. The van der Waals surface area contributed by atoms with Crippen LogP contribution in [0.3, 0.4) is 0 Å². The molecule has 9 heteroatoms. The number of aromatic nitrogens is 3. The number of sulfonamides is 1. The van der Waals surface area contributed by atoms with Crippen LogP contribution < -0.4 is 5.73 Å². The molecule has 0 atom stereocenters. The van der Waals surface area contributed by atoms with Gasteiger partial charge in [0, 0.05) is 5.92 Å². The molecule has 1 saturated carbocycles. The Hall–Kier alpha value is -1.67. The van der Waals surface area contributed by atoms with Crippen molar-refractivity contribution in [3.8, 4) is 0 Å². The Morgan fingerprint density at radius 2 is 2.21 bits per heavy atom. The SMILES string of the molecule is N/C=N/S(=O)(=O)c1c(Cl)nc2ccc(C3CC3)nn12. The summed E-state index contributed by atoms with van der Waals surface area (Å²) in [5.41, 5.74) is 6.23. The minimum absolute atomic E-state index is 0.161. The molecule has 2 aromatic rings. The number of hydrogen-bond acceptors (Lipinski definition) is 4. The second-order valence-corrected chi connectivity index (χ2v) is 6.15. The third kappa shape index (κ3) is 2.06. The van der Waals surface area contributed by atoms with Gasteiger partial charge >= 0.3 is 10.0 Å². The molecule has 19 heavy (non-hydrogen) atoms. The second kappa shape index (κ2) is 4.17. The minimum Gasteiger partial charge on any atom is -0.389 e. The number of nitrogens with two attached hydrogens (primary N) is 1. The third-order valence-electron chi connectivity index (χ3n) is 2.86. The number of imidazole rings is 1. The fraction of sp³-hybridized carbons (Fsp3) is 0.300. The van der Waals surface area contributed by atoms with E-state index in [2.05, 4.69) is 14.5 Å². The first-order valence-corrected chi connectivity index (χ1v) is 7.40. The molecule has 0 spiro atoms. The molecule has 0 aromatic carbocycles. The van der Waals surface area contributed by atoms with Gasteiger partial charge in [0.2, 0.25) is 5.03 Å². The second-order valence-electron chi connectivity index (χ2n) is 4.24. The lowest BCUT2D eigenvalue weighted by molar-refractivity contribution is 0.589. The summed E-state index contributed by atoms with van der Waals surface area (Å²) in [6.07, 6.45) is 2.82. The van der Waals surface area contributed by atoms with E-state index >= 15 is 0 Å². The molecular formula is C10H10ClN5O2S. The lowest BCUT2D eigenvalue weighted by atomic mass is 10.3. The van der Waals surface area contributed by atoms with Crippen molar-refractivity contribution in [2.75, 3.05) is 0 Å². The van der Waals surface area contributed by atoms with E-state index in [0.717, 1.165) is 18.5 Å². The van der Waals surface area contributed by atoms with Gasteiger partial charge in [-0.1, -0.05) is 11.6 Å². The number of hydrogen-bond donors (Lipinski definition) is 1. The summed E-state index contributed by atoms with van der Waals surface area (Å²) in [4.78, 5) is 3.95. The summed E-state index contributed by atoms with van der Waals surface area (Å²) in [5.74, 6) is 0.388. The Balaban J connectivity index is 2.28. The summed E-state index contributed by atoms with van der Waals surface area (Å²) in [5, 5.41) is 3.87. The molecular weight excluding hydrogens is 290 g/mol. The standard InChI is InChI=1S/C10H10ClN5O2S/c11-9-10(19(17,18)13-5-12)16-8(14-9)4-3-7(15-16)6-1-2-6/h3-6H,1-2H2,(H2,12,13). The van der Waals surface area contributed by atoms with Crippen LogP contribution in [-0.4, -0.2) is 29.4 Å². The van der Waals surface area contributed by atoms with Crippen LogP contribution in [0.1, 0.15) is 24.5 Å². The Morgan fingerprint density at radius 3 is 2.84 bits per heavy atom. The largest absolute Gasteiger partial charge is 0.389 e. The molecule has 0 bridgehead atoms. The van der Waals surface area contributed by atoms with Crippen molar-refractivity contribution in [1.29, 1.82) is 0 Å². The van der Waals surface area contributed by atoms with E-state index in [0.29, 0.717) is 17.9 Å². The molecule has 0 radical (unpaired) electrons. The number of nitrogens with zero attached hydrogens (tertiary/aromatic N) is 4. The summed E-state index contributed by atoms with van der Waals surface area (Å²) < 4.78 is 28.4. The Labute approximate surface area is 114 Å². The highest BCUT2D eigenvalue weighted by atomic mass is 35.5. The molecule has 3 rings (SSSR count). The highest BCUT2D eigenvalue weighted by Gasteiger charge is 2.28. The van der Waals surface area contributed by atoms with E-state index in [9.17, 15) is 8.42 Å². The van der Waals surface area contributed by atoms with Crippen LogP contribution in [0.25, 0.3) is 5.65 Å². The Kier molecular flexibility index (Phi) is 2.72. The average Bonchev–Trinajstić information content (AvgIpc) is 3.10. The van der Waals surface area contributed by atoms with Crippen molar-refractivity contribution in [2.45, 2.75) is 23.8 Å². The average molecular weight is 300 g/mol. The summed E-state index contributed by atoms with van der Waals surface area (Å²) >= 11 is 5.87. The van der Waals surface area contributed by atoms with Gasteiger partial charge in [0.25, 0.3) is 0 Å². The fourth-order valence-electron chi connectivity index (χ4n) is 1.84. The van der Waals surface area contributed by atoms with E-state index in [1.807, 2.05) is 6.07 Å². The molecule has 0 amide bonds. The van der Waals surface area contributed by atoms with Crippen LogP contribution >= 0.6 is 11.6 Å². The maximum absolute atomic E-state index is 12.0. The zero-order valence-corrected chi connectivity index (χ0v) is 11.3. The van der Waals surface area contributed by atoms with Crippen LogP contribution in [-0.2, 0) is 10.0 Å². The summed E-state index contributed by atoms with van der Waals surface area (Å²) in [6.45, 7) is 0. The van der Waals surface area contributed by atoms with Gasteiger partial charge in [0.1, 0.15) is 0 Å². The van der Waals surface area contributed by atoms with Crippen LogP contribution in [0.2, 0.25) is 5.15 Å². The van der Waals surface area contributed by atoms with E-state index < -0.39 is 10.0 Å². The predicted octanol–water partition coefficient (Wildman–Crippen LogP) is 0.936. The Morgan fingerprint density at radius 1 is 1.47 bits per heavy atom. The maximum Gasteiger partial charge on any atom is 0.304 e. The fourth-order valence-corrected chi connectivity index (χ4v) is 3.17. The van der Waals surface area contributed by atoms with Gasteiger partial charge in [-0.25, -0.2) is 4.98 Å². The molecule has 2 heterocycles. The van der Waals surface area contributed by atoms with E-state index in [1.54, 1.807) is 6.07 Å². The van der Waals surface area contributed by atoms with Gasteiger partial charge < -0.3 is 5.73 Å². The normalized spacial score (nSPS) is 16.5. The van der Waals surface area contributed by atoms with Crippen molar-refractivity contribution in [3.63, 3.8) is 0 Å². The van der Waals surface area contributed by atoms with Crippen molar-refractivity contribution >= 4 is 33.6 Å². The van der Waals surface area contributed by atoms with E-state index in [4.69, 9.17) is 17.3 Å². The Bertz CT molecular complexity index is 779. The lowest BCUT2D eigenvalue weighted by Gasteiger charge is -2.01. The van der Waals surface area contributed by atoms with Crippen LogP contribution in [0.15, 0.2) is 21.6 Å². The zero-order chi connectivity index (χ0) is 13.6. The maximum atomic E-state index is 12.0. The molecule has 0 unspecified atom stereocenters. The molecule has 1 aliphatic rings. The van der Waals surface area contributed by atoms with E-state index in [1.165, 1.54) is 4.52 Å². The van der Waals surface area contributed by atoms with E-state index in [-0.39, 0.29) is 10.2 Å². The monoisotopic (exact) mass is 299 g/mol. The first-order chi connectivity index (χ1) is 9.03. The minimum atomic E-state index is -4.00. The lowest BCUT2D eigenvalue weighted by Crippen LogP contribution is -2.07.